The number of esters is 1. The molecule has 0 saturated heterocycles. The number of alkyl halides is 3. The van der Waals surface area contributed by atoms with Crippen molar-refractivity contribution in [1.82, 2.24) is 0 Å². The highest BCUT2D eigenvalue weighted by molar-refractivity contribution is 5.99. The van der Waals surface area contributed by atoms with Gasteiger partial charge in [-0.1, -0.05) is 12.1 Å². The van der Waals surface area contributed by atoms with Crippen molar-refractivity contribution in [2.75, 3.05) is 17.2 Å². The molecule has 3 aromatic rings. The Balaban J connectivity index is 1.64. The number of ether oxygens (including phenoxy) is 1. The fourth-order valence-corrected chi connectivity index (χ4v) is 2.77. The summed E-state index contributed by atoms with van der Waals surface area (Å²) in [5.41, 5.74) is -2.11. The summed E-state index contributed by atoms with van der Waals surface area (Å²) in [5.74, 6) is -1.20. The second-order valence-corrected chi connectivity index (χ2v) is 6.59. The van der Waals surface area contributed by atoms with Crippen molar-refractivity contribution in [2.24, 2.45) is 0 Å². The number of carbonyl (C=O) groups is 2. The molecule has 1 heterocycles. The van der Waals surface area contributed by atoms with Crippen molar-refractivity contribution in [3.63, 3.8) is 0 Å². The largest absolute Gasteiger partial charge is 0.467 e. The zero-order chi connectivity index (χ0) is 24.0. The van der Waals surface area contributed by atoms with Crippen LogP contribution in [0.25, 0.3) is 0 Å². The molecule has 0 aliphatic heterocycles. The Morgan fingerprint density at radius 3 is 2.48 bits per heavy atom. The van der Waals surface area contributed by atoms with Crippen molar-refractivity contribution < 1.29 is 36.8 Å². The molecule has 0 aliphatic rings. The highest BCUT2D eigenvalue weighted by Gasteiger charge is 2.33. The quantitative estimate of drug-likeness (QED) is 0.284. The summed E-state index contributed by atoms with van der Waals surface area (Å²) in [4.78, 5) is 34.6. The van der Waals surface area contributed by atoms with E-state index in [4.69, 9.17) is 9.15 Å². The van der Waals surface area contributed by atoms with Crippen LogP contribution in [0.2, 0.25) is 0 Å². The number of furan rings is 1. The topological polar surface area (TPSA) is 124 Å². The molecule has 0 saturated carbocycles. The first-order valence-corrected chi connectivity index (χ1v) is 9.33. The molecule has 9 nitrogen and oxygen atoms in total. The van der Waals surface area contributed by atoms with Gasteiger partial charge in [-0.05, 0) is 36.4 Å². The molecule has 3 rings (SSSR count). The molecule has 33 heavy (non-hydrogen) atoms. The van der Waals surface area contributed by atoms with Gasteiger partial charge in [0.15, 0.2) is 6.61 Å². The minimum Gasteiger partial charge on any atom is -0.467 e. The number of anilines is 2. The van der Waals surface area contributed by atoms with Gasteiger partial charge in [0, 0.05) is 11.8 Å². The third-order valence-corrected chi connectivity index (χ3v) is 4.31. The van der Waals surface area contributed by atoms with Crippen LogP contribution >= 0.6 is 0 Å². The maximum atomic E-state index is 12.8. The number of nitrogens with zero attached hydrogens (tertiary/aromatic N) is 1. The lowest BCUT2D eigenvalue weighted by Crippen LogP contribution is -2.22. The van der Waals surface area contributed by atoms with Crippen molar-refractivity contribution in [3.8, 4) is 0 Å². The Labute approximate surface area is 184 Å². The predicted octanol–water partition coefficient (Wildman–Crippen LogP) is 4.61. The normalized spacial score (nSPS) is 11.0. The van der Waals surface area contributed by atoms with Crippen LogP contribution in [0.1, 0.15) is 21.7 Å². The summed E-state index contributed by atoms with van der Waals surface area (Å²) in [6, 6.07) is 11.4. The Morgan fingerprint density at radius 2 is 1.82 bits per heavy atom. The summed E-state index contributed by atoms with van der Waals surface area (Å²) in [6.07, 6.45) is -3.29. The second-order valence-electron chi connectivity index (χ2n) is 6.59. The van der Waals surface area contributed by atoms with E-state index < -0.39 is 46.5 Å². The van der Waals surface area contributed by atoms with Gasteiger partial charge >= 0.3 is 12.1 Å². The molecular formula is C21H16F3N3O6. The minimum absolute atomic E-state index is 0.123. The molecule has 0 aliphatic carbocycles. The number of nitro benzene ring substituents is 1. The molecule has 1 aromatic heterocycles. The highest BCUT2D eigenvalue weighted by Crippen LogP contribution is 2.35. The molecule has 1 amide bonds. The Hall–Kier alpha value is -4.35. The lowest BCUT2D eigenvalue weighted by Gasteiger charge is -2.12. The average Bonchev–Trinajstić information content (AvgIpc) is 3.29. The summed E-state index contributed by atoms with van der Waals surface area (Å²) in [7, 11) is 0. The second kappa shape index (κ2) is 9.85. The van der Waals surface area contributed by atoms with Crippen molar-refractivity contribution >= 4 is 28.9 Å². The van der Waals surface area contributed by atoms with E-state index in [1.54, 1.807) is 30.3 Å². The summed E-state index contributed by atoms with van der Waals surface area (Å²) in [6.45, 7) is -0.529. The smallest absolute Gasteiger partial charge is 0.416 e. The van der Waals surface area contributed by atoms with Crippen LogP contribution in [-0.4, -0.2) is 23.4 Å². The number of amides is 1. The van der Waals surface area contributed by atoms with Crippen molar-refractivity contribution in [1.29, 1.82) is 0 Å². The SMILES string of the molecule is O=C(COC(=O)c1ccccc1NCc1ccco1)Nc1ccc(C(F)(F)F)cc1[N+](=O)[O-]. The van der Waals surface area contributed by atoms with Crippen LogP contribution in [0.3, 0.4) is 0 Å². The molecule has 172 valence electrons. The van der Waals surface area contributed by atoms with Crippen LogP contribution in [0.5, 0.6) is 0 Å². The zero-order valence-electron chi connectivity index (χ0n) is 16.7. The van der Waals surface area contributed by atoms with Gasteiger partial charge < -0.3 is 19.8 Å². The van der Waals surface area contributed by atoms with Gasteiger partial charge in [-0.3, -0.25) is 14.9 Å². The number of benzene rings is 2. The van der Waals surface area contributed by atoms with E-state index in [1.807, 2.05) is 0 Å². The van der Waals surface area contributed by atoms with Gasteiger partial charge in [0.25, 0.3) is 11.6 Å². The van der Waals surface area contributed by atoms with Gasteiger partial charge in [0.1, 0.15) is 11.4 Å². The van der Waals surface area contributed by atoms with E-state index in [9.17, 15) is 32.9 Å². The average molecular weight is 463 g/mol. The maximum Gasteiger partial charge on any atom is 0.416 e. The molecule has 2 N–H and O–H groups in total. The molecule has 0 unspecified atom stereocenters. The Kier molecular flexibility index (Phi) is 6.96. The van der Waals surface area contributed by atoms with Crippen LogP contribution in [-0.2, 0) is 22.3 Å². The van der Waals surface area contributed by atoms with E-state index in [-0.39, 0.29) is 12.1 Å². The molecule has 0 spiro atoms. The van der Waals surface area contributed by atoms with Crippen molar-refractivity contribution in [3.05, 3.63) is 87.9 Å². The fourth-order valence-electron chi connectivity index (χ4n) is 2.77. The third kappa shape index (κ3) is 6.09. The fraction of sp³-hybridized carbons (Fsp3) is 0.143. The third-order valence-electron chi connectivity index (χ3n) is 4.31. The summed E-state index contributed by atoms with van der Waals surface area (Å²) < 4.78 is 48.5. The number of rotatable bonds is 8. The molecule has 12 heteroatoms. The number of hydrogen-bond acceptors (Lipinski definition) is 7. The standard InChI is InChI=1S/C21H16F3N3O6/c22-21(23,24)13-7-8-17(18(10-13)27(30)31)26-19(28)12-33-20(29)15-5-1-2-6-16(15)25-11-14-4-3-9-32-14/h1-10,25H,11-12H2,(H,26,28). The van der Waals surface area contributed by atoms with Crippen LogP contribution in [0.4, 0.5) is 30.2 Å². The van der Waals surface area contributed by atoms with Crippen LogP contribution in [0.15, 0.2) is 65.3 Å². The van der Waals surface area contributed by atoms with E-state index in [1.165, 1.54) is 12.3 Å². The first-order valence-electron chi connectivity index (χ1n) is 9.33. The number of carbonyl (C=O) groups excluding carboxylic acids is 2. The van der Waals surface area contributed by atoms with Gasteiger partial charge in [-0.2, -0.15) is 13.2 Å². The van der Waals surface area contributed by atoms with Crippen molar-refractivity contribution in [2.45, 2.75) is 12.7 Å². The first kappa shape index (κ1) is 23.3. The molecule has 0 bridgehead atoms. The zero-order valence-corrected chi connectivity index (χ0v) is 16.7. The van der Waals surface area contributed by atoms with Gasteiger partial charge in [-0.15, -0.1) is 0 Å². The first-order chi connectivity index (χ1) is 15.6. The lowest BCUT2D eigenvalue weighted by atomic mass is 10.1. The van der Waals surface area contributed by atoms with Crippen LogP contribution in [0, 0.1) is 10.1 Å². The monoisotopic (exact) mass is 463 g/mol. The minimum atomic E-state index is -4.79. The highest BCUT2D eigenvalue weighted by atomic mass is 19.4. The number of halogens is 3. The van der Waals surface area contributed by atoms with E-state index >= 15 is 0 Å². The van der Waals surface area contributed by atoms with E-state index in [0.29, 0.717) is 23.6 Å². The number of nitro groups is 1. The Morgan fingerprint density at radius 1 is 1.06 bits per heavy atom. The molecule has 0 atom stereocenters. The summed E-state index contributed by atoms with van der Waals surface area (Å²) in [5, 5.41) is 16.2. The van der Waals surface area contributed by atoms with Gasteiger partial charge in [0.05, 0.1) is 28.9 Å². The number of hydrogen-bond donors (Lipinski definition) is 2. The van der Waals surface area contributed by atoms with Gasteiger partial charge in [0.2, 0.25) is 0 Å². The maximum absolute atomic E-state index is 12.8. The predicted molar refractivity (Wildman–Crippen MR) is 109 cm³/mol. The van der Waals surface area contributed by atoms with Gasteiger partial charge in [-0.25, -0.2) is 4.79 Å². The molecule has 0 radical (unpaired) electrons. The molecule has 0 fully saturated rings. The number of nitrogens with one attached hydrogen (secondary N) is 2. The molecular weight excluding hydrogens is 447 g/mol. The van der Waals surface area contributed by atoms with Crippen LogP contribution < -0.4 is 10.6 Å². The summed E-state index contributed by atoms with van der Waals surface area (Å²) >= 11 is 0. The lowest BCUT2D eigenvalue weighted by molar-refractivity contribution is -0.384. The molecule has 2 aromatic carbocycles. The Bertz CT molecular complexity index is 1160. The number of para-hydroxylation sites is 1. The van der Waals surface area contributed by atoms with E-state index in [2.05, 4.69) is 10.6 Å². The van der Waals surface area contributed by atoms with E-state index in [0.717, 1.165) is 6.07 Å².